The number of anilines is 1. The summed E-state index contributed by atoms with van der Waals surface area (Å²) in [5.74, 6) is 3.70. The van der Waals surface area contributed by atoms with Crippen LogP contribution in [-0.2, 0) is 0 Å². The highest BCUT2D eigenvalue weighted by Crippen LogP contribution is 2.51. The smallest absolute Gasteiger partial charge is 0.231 e. The Bertz CT molecular complexity index is 1080. The average molecular weight is 419 g/mol. The van der Waals surface area contributed by atoms with Gasteiger partial charge >= 0.3 is 0 Å². The van der Waals surface area contributed by atoms with Crippen LogP contribution in [0.2, 0.25) is 0 Å². The molecule has 2 heterocycles. The van der Waals surface area contributed by atoms with Crippen molar-refractivity contribution in [3.8, 4) is 28.7 Å². The first-order valence-corrected chi connectivity index (χ1v) is 10.3. The van der Waals surface area contributed by atoms with Crippen molar-refractivity contribution in [1.29, 1.82) is 0 Å². The third-order valence-electron chi connectivity index (χ3n) is 5.95. The monoisotopic (exact) mass is 419 g/mol. The molecular formula is C25H25NO5. The Kier molecular flexibility index (Phi) is 4.98. The van der Waals surface area contributed by atoms with Gasteiger partial charge in [-0.2, -0.15) is 0 Å². The quantitative estimate of drug-likeness (QED) is 0.626. The van der Waals surface area contributed by atoms with E-state index in [1.807, 2.05) is 54.6 Å². The molecule has 3 aromatic carbocycles. The van der Waals surface area contributed by atoms with Gasteiger partial charge in [0.2, 0.25) is 6.79 Å². The van der Waals surface area contributed by atoms with Crippen LogP contribution in [0.3, 0.4) is 0 Å². The van der Waals surface area contributed by atoms with Crippen LogP contribution in [0.1, 0.15) is 24.0 Å². The zero-order chi connectivity index (χ0) is 21.4. The van der Waals surface area contributed by atoms with E-state index in [-0.39, 0.29) is 24.9 Å². The van der Waals surface area contributed by atoms with Crippen LogP contribution in [0.15, 0.2) is 60.7 Å². The van der Waals surface area contributed by atoms with Gasteiger partial charge in [-0.15, -0.1) is 0 Å². The van der Waals surface area contributed by atoms with Crippen molar-refractivity contribution in [2.24, 2.45) is 5.92 Å². The van der Waals surface area contributed by atoms with Gasteiger partial charge in [0, 0.05) is 34.7 Å². The van der Waals surface area contributed by atoms with E-state index in [2.05, 4.69) is 18.3 Å². The largest absolute Gasteiger partial charge is 0.493 e. The van der Waals surface area contributed by atoms with Gasteiger partial charge in [-0.05, 0) is 24.3 Å². The second kappa shape index (κ2) is 7.95. The molecule has 2 aliphatic heterocycles. The van der Waals surface area contributed by atoms with Crippen LogP contribution >= 0.6 is 0 Å². The van der Waals surface area contributed by atoms with Crippen molar-refractivity contribution in [2.75, 3.05) is 26.3 Å². The lowest BCUT2D eigenvalue weighted by atomic mass is 9.78. The number of hydrogen-bond acceptors (Lipinski definition) is 6. The Morgan fingerprint density at radius 1 is 0.839 bits per heavy atom. The van der Waals surface area contributed by atoms with E-state index in [4.69, 9.17) is 23.7 Å². The van der Waals surface area contributed by atoms with Crippen molar-refractivity contribution in [3.05, 3.63) is 71.8 Å². The fourth-order valence-corrected chi connectivity index (χ4v) is 4.45. The van der Waals surface area contributed by atoms with Crippen molar-refractivity contribution in [1.82, 2.24) is 0 Å². The summed E-state index contributed by atoms with van der Waals surface area (Å²) in [6.45, 7) is 2.39. The first-order valence-electron chi connectivity index (χ1n) is 10.3. The SMILES string of the molecule is COc1cccc([C@@H]2c3cc4c(cc3O[C@H](Nc3ccccc3)[C@H]2C)OCO4)c1OC. The summed E-state index contributed by atoms with van der Waals surface area (Å²) in [5.41, 5.74) is 3.08. The molecular weight excluding hydrogens is 394 g/mol. The predicted octanol–water partition coefficient (Wildman–Crippen LogP) is 5.03. The standard InChI is InChI=1S/C25H25NO5/c1-15-23(17-10-7-11-19(27-2)24(17)28-3)18-12-21-22(30-14-29-21)13-20(18)31-25(15)26-16-8-5-4-6-9-16/h4-13,15,23,25-26H,14H2,1-3H3/t15-,23+,25-/m0/s1. The number of fused-ring (bicyclic) bond motifs is 2. The van der Waals surface area contributed by atoms with Crippen LogP contribution in [0.25, 0.3) is 0 Å². The number of ether oxygens (including phenoxy) is 5. The van der Waals surface area contributed by atoms with E-state index in [0.717, 1.165) is 34.1 Å². The summed E-state index contributed by atoms with van der Waals surface area (Å²) in [5, 5.41) is 3.54. The molecule has 1 N–H and O–H groups in total. The zero-order valence-electron chi connectivity index (χ0n) is 17.8. The Morgan fingerprint density at radius 3 is 2.35 bits per heavy atom. The lowest BCUT2D eigenvalue weighted by Gasteiger charge is -2.39. The molecule has 5 rings (SSSR count). The minimum absolute atomic E-state index is 0.00971. The Balaban J connectivity index is 1.63. The number of hydrogen-bond donors (Lipinski definition) is 1. The van der Waals surface area contributed by atoms with Gasteiger partial charge in [0.25, 0.3) is 0 Å². The first kappa shape index (κ1) is 19.4. The van der Waals surface area contributed by atoms with Crippen LogP contribution in [0.5, 0.6) is 28.7 Å². The molecule has 0 amide bonds. The molecule has 0 aliphatic carbocycles. The maximum Gasteiger partial charge on any atom is 0.231 e. The summed E-state index contributed by atoms with van der Waals surface area (Å²) in [6, 6.07) is 20.0. The highest BCUT2D eigenvalue weighted by Gasteiger charge is 2.40. The number of benzene rings is 3. The molecule has 2 aliphatic rings. The second-order valence-corrected chi connectivity index (χ2v) is 7.71. The average Bonchev–Trinajstić information content (AvgIpc) is 3.26. The van der Waals surface area contributed by atoms with Crippen LogP contribution in [0, 0.1) is 5.92 Å². The van der Waals surface area contributed by atoms with E-state index >= 15 is 0 Å². The predicted molar refractivity (Wildman–Crippen MR) is 118 cm³/mol. The Morgan fingerprint density at radius 2 is 1.61 bits per heavy atom. The topological polar surface area (TPSA) is 58.2 Å². The molecule has 0 spiro atoms. The number of para-hydroxylation sites is 2. The second-order valence-electron chi connectivity index (χ2n) is 7.71. The highest BCUT2D eigenvalue weighted by atomic mass is 16.7. The van der Waals surface area contributed by atoms with Crippen LogP contribution < -0.4 is 29.0 Å². The maximum absolute atomic E-state index is 6.44. The third-order valence-corrected chi connectivity index (χ3v) is 5.95. The number of nitrogens with one attached hydrogen (secondary N) is 1. The van der Waals surface area contributed by atoms with E-state index in [1.165, 1.54) is 0 Å². The van der Waals surface area contributed by atoms with E-state index < -0.39 is 0 Å². The van der Waals surface area contributed by atoms with Crippen LogP contribution in [-0.4, -0.2) is 27.2 Å². The molecule has 0 saturated heterocycles. The summed E-state index contributed by atoms with van der Waals surface area (Å²) >= 11 is 0. The van der Waals surface area contributed by atoms with Gasteiger partial charge in [0.1, 0.15) is 5.75 Å². The molecule has 0 unspecified atom stereocenters. The van der Waals surface area contributed by atoms with Crippen molar-refractivity contribution >= 4 is 5.69 Å². The number of rotatable bonds is 5. The lowest BCUT2D eigenvalue weighted by Crippen LogP contribution is -2.40. The molecule has 160 valence electrons. The molecule has 6 nitrogen and oxygen atoms in total. The summed E-state index contributed by atoms with van der Waals surface area (Å²) < 4.78 is 29.1. The molecule has 0 aromatic heterocycles. The minimum Gasteiger partial charge on any atom is -0.493 e. The van der Waals surface area contributed by atoms with E-state index in [0.29, 0.717) is 11.5 Å². The maximum atomic E-state index is 6.44. The highest BCUT2D eigenvalue weighted by molar-refractivity contribution is 5.60. The molecule has 0 saturated carbocycles. The summed E-state index contributed by atoms with van der Waals surface area (Å²) in [7, 11) is 3.33. The van der Waals surface area contributed by atoms with Gasteiger partial charge < -0.3 is 29.0 Å². The van der Waals surface area contributed by atoms with Crippen LogP contribution in [0.4, 0.5) is 5.69 Å². The fourth-order valence-electron chi connectivity index (χ4n) is 4.45. The lowest BCUT2D eigenvalue weighted by molar-refractivity contribution is 0.133. The number of methoxy groups -OCH3 is 2. The molecule has 0 radical (unpaired) electrons. The fraction of sp³-hybridized carbons (Fsp3) is 0.280. The van der Waals surface area contributed by atoms with E-state index in [1.54, 1.807) is 14.2 Å². The summed E-state index contributed by atoms with van der Waals surface area (Å²) in [4.78, 5) is 0. The first-order chi connectivity index (χ1) is 15.2. The minimum atomic E-state index is -0.254. The molecule has 3 aromatic rings. The van der Waals surface area contributed by atoms with Crippen molar-refractivity contribution in [3.63, 3.8) is 0 Å². The van der Waals surface area contributed by atoms with E-state index in [9.17, 15) is 0 Å². The molecule has 0 fully saturated rings. The van der Waals surface area contributed by atoms with Crippen molar-refractivity contribution in [2.45, 2.75) is 19.1 Å². The molecule has 6 heteroatoms. The zero-order valence-corrected chi connectivity index (χ0v) is 17.8. The van der Waals surface area contributed by atoms with Gasteiger partial charge in [0.05, 0.1) is 14.2 Å². The summed E-state index contributed by atoms with van der Waals surface area (Å²) in [6.07, 6.45) is -0.254. The van der Waals surface area contributed by atoms with Gasteiger partial charge in [0.15, 0.2) is 29.2 Å². The van der Waals surface area contributed by atoms with Crippen molar-refractivity contribution < 1.29 is 23.7 Å². The van der Waals surface area contributed by atoms with Gasteiger partial charge in [-0.3, -0.25) is 0 Å². The van der Waals surface area contributed by atoms with Gasteiger partial charge in [-0.25, -0.2) is 0 Å². The molecule has 31 heavy (non-hydrogen) atoms. The van der Waals surface area contributed by atoms with Gasteiger partial charge in [-0.1, -0.05) is 37.3 Å². The molecule has 3 atom stereocenters. The third kappa shape index (κ3) is 3.38. The Labute approximate surface area is 181 Å². The normalized spacial score (nSPS) is 21.1. The molecule has 0 bridgehead atoms. The Hall–Kier alpha value is -3.54.